The van der Waals surface area contributed by atoms with E-state index in [-0.39, 0.29) is 40.6 Å². The number of aryl methyl sites for hydroxylation is 3. The third kappa shape index (κ3) is 4.01. The van der Waals surface area contributed by atoms with Crippen molar-refractivity contribution in [3.8, 4) is 0 Å². The summed E-state index contributed by atoms with van der Waals surface area (Å²) in [5.74, 6) is 0. The van der Waals surface area contributed by atoms with Crippen molar-refractivity contribution >= 4 is 37.7 Å². The number of hydrogen-bond donors (Lipinski definition) is 0. The van der Waals surface area contributed by atoms with E-state index in [1.54, 1.807) is 0 Å². The van der Waals surface area contributed by atoms with Gasteiger partial charge < -0.3 is 2.85 Å². The van der Waals surface area contributed by atoms with Crippen molar-refractivity contribution in [1.29, 1.82) is 0 Å². The third-order valence-corrected chi connectivity index (χ3v) is 2.34. The fraction of sp³-hybridized carbons (Fsp3) is 0.500. The summed E-state index contributed by atoms with van der Waals surface area (Å²) in [5.41, 5.74) is 4.43. The molecule has 0 amide bonds. The first-order valence-corrected chi connectivity index (χ1v) is 4.91. The Kier molecular flexibility index (Phi) is 7.12. The van der Waals surface area contributed by atoms with Gasteiger partial charge in [0.1, 0.15) is 0 Å². The summed E-state index contributed by atoms with van der Waals surface area (Å²) in [6.07, 6.45) is 3.46. The molecule has 1 heteroatoms. The van der Waals surface area contributed by atoms with Crippen molar-refractivity contribution in [3.05, 3.63) is 34.9 Å². The van der Waals surface area contributed by atoms with Crippen LogP contribution in [0.4, 0.5) is 0 Å². The zero-order valence-corrected chi connectivity index (χ0v) is 11.3. The van der Waals surface area contributed by atoms with Crippen LogP contribution in [0.1, 0.15) is 40.3 Å². The average molecular weight is 204 g/mol. The first-order chi connectivity index (χ1) is 5.80. The summed E-state index contributed by atoms with van der Waals surface area (Å²) in [7, 11) is 0. The summed E-state index contributed by atoms with van der Waals surface area (Å²) in [6, 6.07) is 6.96. The Bertz CT molecular complexity index is 207. The van der Waals surface area contributed by atoms with E-state index in [1.807, 2.05) is 0 Å². The van der Waals surface area contributed by atoms with Crippen molar-refractivity contribution in [2.24, 2.45) is 0 Å². The van der Waals surface area contributed by atoms with E-state index >= 15 is 0 Å². The first kappa shape index (κ1) is 13.5. The minimum Gasteiger partial charge on any atom is -1.00 e. The summed E-state index contributed by atoms with van der Waals surface area (Å²) < 4.78 is 0. The monoisotopic (exact) mass is 204 g/mol. The molecule has 0 heterocycles. The predicted molar refractivity (Wildman–Crippen MR) is 62.6 cm³/mol. The Morgan fingerprint density at radius 2 is 1.00 bits per heavy atom. The van der Waals surface area contributed by atoms with Crippen LogP contribution in [0.15, 0.2) is 18.2 Å². The molecule has 0 saturated carbocycles. The van der Waals surface area contributed by atoms with Gasteiger partial charge in [0.05, 0.1) is 0 Å². The van der Waals surface area contributed by atoms with Gasteiger partial charge in [0.2, 0.25) is 0 Å². The van der Waals surface area contributed by atoms with Gasteiger partial charge in [-0.2, -0.15) is 0 Å². The Morgan fingerprint density at radius 1 is 0.769 bits per heavy atom. The number of hydrogen-bond acceptors (Lipinski definition) is 0. The topological polar surface area (TPSA) is 0 Å². The zero-order valence-electron chi connectivity index (χ0n) is 11.1. The van der Waals surface area contributed by atoms with E-state index in [0.717, 1.165) is 19.3 Å². The van der Waals surface area contributed by atoms with Crippen LogP contribution in [0.25, 0.3) is 0 Å². The standard InChI is InChI=1S/C12H18.Ca.2H/c1-4-10-7-11(5-2)9-12(6-3)8-10;;;/h7-9H,4-6H2,1-3H3;;;/q;+2;2*-1. The molecule has 0 nitrogen and oxygen atoms in total. The summed E-state index contributed by atoms with van der Waals surface area (Å²) >= 11 is 0. The molecule has 0 radical (unpaired) electrons. The van der Waals surface area contributed by atoms with E-state index in [0.29, 0.717) is 0 Å². The molecule has 70 valence electrons. The van der Waals surface area contributed by atoms with E-state index < -0.39 is 0 Å². The molecule has 1 aromatic rings. The molecule has 1 rings (SSSR count). The Morgan fingerprint density at radius 3 is 1.15 bits per heavy atom. The maximum absolute atomic E-state index is 2.32. The average Bonchev–Trinajstić information content (AvgIpc) is 2.16. The summed E-state index contributed by atoms with van der Waals surface area (Å²) in [6.45, 7) is 6.65. The Labute approximate surface area is 115 Å². The zero-order chi connectivity index (χ0) is 8.97. The molecule has 0 aliphatic heterocycles. The molecular weight excluding hydrogens is 184 g/mol. The third-order valence-electron chi connectivity index (χ3n) is 2.34. The van der Waals surface area contributed by atoms with Crippen LogP contribution in [0, 0.1) is 0 Å². The van der Waals surface area contributed by atoms with E-state index in [1.165, 1.54) is 16.7 Å². The second kappa shape index (κ2) is 6.86. The number of rotatable bonds is 3. The molecule has 0 aliphatic carbocycles. The molecule has 1 aromatic carbocycles. The maximum atomic E-state index is 2.32. The van der Waals surface area contributed by atoms with Gasteiger partial charge in [0, 0.05) is 0 Å². The molecule has 0 saturated heterocycles. The Hall–Kier alpha value is 0.480. The molecule has 0 fully saturated rings. The van der Waals surface area contributed by atoms with Gasteiger partial charge >= 0.3 is 37.7 Å². The fourth-order valence-corrected chi connectivity index (χ4v) is 1.45. The van der Waals surface area contributed by atoms with Crippen molar-refractivity contribution < 1.29 is 2.85 Å². The second-order valence-electron chi connectivity index (χ2n) is 3.22. The maximum Gasteiger partial charge on any atom is 2.00 e. The van der Waals surface area contributed by atoms with Crippen molar-refractivity contribution in [2.45, 2.75) is 40.0 Å². The molecule has 13 heavy (non-hydrogen) atoms. The van der Waals surface area contributed by atoms with Gasteiger partial charge in [0.15, 0.2) is 0 Å². The quantitative estimate of drug-likeness (QED) is 0.663. The van der Waals surface area contributed by atoms with E-state index in [4.69, 9.17) is 0 Å². The van der Waals surface area contributed by atoms with E-state index in [2.05, 4.69) is 39.0 Å². The molecule has 0 unspecified atom stereocenters. The molecule has 0 atom stereocenters. The normalized spacial score (nSPS) is 9.46. The van der Waals surface area contributed by atoms with Crippen LogP contribution in [0.5, 0.6) is 0 Å². The van der Waals surface area contributed by atoms with Gasteiger partial charge in [-0.25, -0.2) is 0 Å². The van der Waals surface area contributed by atoms with Gasteiger partial charge in [-0.1, -0.05) is 39.0 Å². The van der Waals surface area contributed by atoms with Gasteiger partial charge in [-0.15, -0.1) is 0 Å². The fourth-order valence-electron chi connectivity index (χ4n) is 1.45. The van der Waals surface area contributed by atoms with Crippen LogP contribution in [-0.2, 0) is 19.3 Å². The van der Waals surface area contributed by atoms with Crippen LogP contribution in [0.2, 0.25) is 0 Å². The van der Waals surface area contributed by atoms with Gasteiger partial charge in [-0.05, 0) is 36.0 Å². The van der Waals surface area contributed by atoms with Crippen LogP contribution < -0.4 is 0 Å². The number of benzene rings is 1. The van der Waals surface area contributed by atoms with Crippen molar-refractivity contribution in [2.75, 3.05) is 0 Å². The Balaban J connectivity index is -0.000000480. The van der Waals surface area contributed by atoms with Crippen LogP contribution in [-0.4, -0.2) is 37.7 Å². The minimum atomic E-state index is 0. The van der Waals surface area contributed by atoms with Crippen molar-refractivity contribution in [1.82, 2.24) is 0 Å². The SMILES string of the molecule is CCc1cc(CC)cc(CC)c1.[Ca+2].[H-].[H-]. The molecular formula is C12H20Ca. The smallest absolute Gasteiger partial charge is 1.00 e. The molecule has 0 N–H and O–H groups in total. The largest absolute Gasteiger partial charge is 2.00 e. The second-order valence-corrected chi connectivity index (χ2v) is 3.22. The summed E-state index contributed by atoms with van der Waals surface area (Å²) in [5, 5.41) is 0. The van der Waals surface area contributed by atoms with Gasteiger partial charge in [-0.3, -0.25) is 0 Å². The van der Waals surface area contributed by atoms with Crippen LogP contribution in [0.3, 0.4) is 0 Å². The molecule has 0 aliphatic rings. The molecule has 0 spiro atoms. The van der Waals surface area contributed by atoms with Crippen molar-refractivity contribution in [3.63, 3.8) is 0 Å². The summed E-state index contributed by atoms with van der Waals surface area (Å²) in [4.78, 5) is 0. The van der Waals surface area contributed by atoms with Gasteiger partial charge in [0.25, 0.3) is 0 Å². The van der Waals surface area contributed by atoms with Crippen LogP contribution >= 0.6 is 0 Å². The predicted octanol–water partition coefficient (Wildman–Crippen LogP) is 3.22. The van der Waals surface area contributed by atoms with E-state index in [9.17, 15) is 0 Å². The first-order valence-electron chi connectivity index (χ1n) is 4.91. The molecule has 0 aromatic heterocycles. The minimum absolute atomic E-state index is 0. The molecule has 0 bridgehead atoms.